The van der Waals surface area contributed by atoms with E-state index in [9.17, 15) is 21.2 Å². The van der Waals surface area contributed by atoms with Crippen molar-refractivity contribution >= 4 is 41.9 Å². The van der Waals surface area contributed by atoms with Gasteiger partial charge in [0.25, 0.3) is 0 Å². The van der Waals surface area contributed by atoms with Crippen LogP contribution in [0.15, 0.2) is 140 Å². The van der Waals surface area contributed by atoms with Crippen molar-refractivity contribution in [3.8, 4) is 11.4 Å². The molecule has 6 aromatic carbocycles. The van der Waals surface area contributed by atoms with Crippen LogP contribution >= 0.6 is 0 Å². The quantitative estimate of drug-likeness (QED) is 0.121. The van der Waals surface area contributed by atoms with Crippen molar-refractivity contribution in [2.24, 2.45) is 11.8 Å². The number of halogens is 2. The van der Waals surface area contributed by atoms with Crippen molar-refractivity contribution in [3.05, 3.63) is 190 Å². The summed E-state index contributed by atoms with van der Waals surface area (Å²) in [5, 5.41) is 11.3. The SMILES string of the molecule is CCS(=O)(=O)N1C[C@H]2[C@H](c3ccccc3)[C@@]2(c2cc3cnn(-c4ccc(F)cc4CCS(=O)(=O)N4C[C@@H]5[C@@H](c6ccccc6)[C@]5(c5cc6cnn(-c7ccc(F)cc7)c6cc5C)C4)c3cc2C)C1. The molecule has 10 nitrogen and oxygen atoms in total. The lowest BCUT2D eigenvalue weighted by atomic mass is 9.87. The van der Waals surface area contributed by atoms with Crippen LogP contribution in [-0.4, -0.2) is 82.7 Å². The van der Waals surface area contributed by atoms with E-state index in [2.05, 4.69) is 67.5 Å². The Labute approximate surface area is 394 Å². The number of hydrogen-bond donors (Lipinski definition) is 0. The minimum atomic E-state index is -3.83. The van der Waals surface area contributed by atoms with E-state index in [1.54, 1.807) is 49.3 Å². The third-order valence-corrected chi connectivity index (χ3v) is 19.5. The second kappa shape index (κ2) is 15.5. The van der Waals surface area contributed by atoms with E-state index < -0.39 is 31.3 Å². The largest absolute Gasteiger partial charge is 0.233 e. The molecule has 0 bridgehead atoms. The van der Waals surface area contributed by atoms with Gasteiger partial charge in [0.2, 0.25) is 20.0 Å². The standard InChI is InChI=1S/C54H50F2N6O4S2/c1-4-67(63,64)59-30-46-51(36-11-7-5-8-12-36)53(46,32-59)45-27-40-29-58-62(50(40)24-35(45)3)48-20-17-42(56)25-38(48)21-22-68(65,66)60-31-47-52(37-13-9-6-10-14-37)54(47,33-60)44-26-39-28-57-61(49(39)23-34(44)2)43-18-15-41(55)16-19-43/h5-20,23-29,46-47,51-52H,4,21-22,30-33H2,1-3H3/t46-,47+,51-,52+,53+,54-/m0/s1. The monoisotopic (exact) mass is 948 g/mol. The Kier molecular flexibility index (Phi) is 9.84. The molecule has 6 atom stereocenters. The van der Waals surface area contributed by atoms with Crippen molar-refractivity contribution in [1.29, 1.82) is 0 Å². The first-order valence-corrected chi connectivity index (χ1v) is 26.5. The summed E-state index contributed by atoms with van der Waals surface area (Å²) in [6.07, 6.45) is 3.67. The predicted octanol–water partition coefficient (Wildman–Crippen LogP) is 9.12. The molecule has 12 rings (SSSR count). The van der Waals surface area contributed by atoms with Gasteiger partial charge in [-0.1, -0.05) is 60.7 Å². The fraction of sp³-hybridized carbons (Fsp3) is 0.296. The molecule has 0 spiro atoms. The topological polar surface area (TPSA) is 110 Å². The third-order valence-electron chi connectivity index (χ3n) is 16.0. The molecule has 2 saturated heterocycles. The maximum absolute atomic E-state index is 15.2. The molecular weight excluding hydrogens is 899 g/mol. The summed E-state index contributed by atoms with van der Waals surface area (Å²) in [5.41, 5.74) is 9.35. The van der Waals surface area contributed by atoms with E-state index >= 15 is 4.39 Å². The van der Waals surface area contributed by atoms with Crippen LogP contribution in [0.4, 0.5) is 8.78 Å². The van der Waals surface area contributed by atoms with Crippen LogP contribution < -0.4 is 0 Å². The van der Waals surface area contributed by atoms with Crippen LogP contribution in [0.3, 0.4) is 0 Å². The summed E-state index contributed by atoms with van der Waals surface area (Å²) in [7, 11) is -7.21. The lowest BCUT2D eigenvalue weighted by molar-refractivity contribution is 0.421. The van der Waals surface area contributed by atoms with Crippen LogP contribution in [0.25, 0.3) is 33.2 Å². The average Bonchev–Trinajstić information content (AvgIpc) is 3.68. The number of aryl methyl sites for hydroxylation is 3. The van der Waals surface area contributed by atoms with Gasteiger partial charge in [-0.3, -0.25) is 0 Å². The van der Waals surface area contributed by atoms with Gasteiger partial charge in [-0.25, -0.2) is 43.6 Å². The van der Waals surface area contributed by atoms with Crippen molar-refractivity contribution in [3.63, 3.8) is 0 Å². The number of rotatable bonds is 12. The van der Waals surface area contributed by atoms with Crippen molar-refractivity contribution in [1.82, 2.24) is 28.2 Å². The smallest absolute Gasteiger partial charge is 0.214 e. The lowest BCUT2D eigenvalue weighted by Crippen LogP contribution is -2.36. The maximum atomic E-state index is 15.2. The average molecular weight is 949 g/mol. The summed E-state index contributed by atoms with van der Waals surface area (Å²) in [6, 6.07) is 39.8. The van der Waals surface area contributed by atoms with E-state index in [0.29, 0.717) is 37.4 Å². The van der Waals surface area contributed by atoms with Gasteiger partial charge in [0.1, 0.15) is 11.6 Å². The van der Waals surface area contributed by atoms with Gasteiger partial charge in [-0.2, -0.15) is 10.2 Å². The third kappa shape index (κ3) is 6.58. The summed E-state index contributed by atoms with van der Waals surface area (Å²) in [6.45, 7) is 7.39. The van der Waals surface area contributed by atoms with Gasteiger partial charge >= 0.3 is 0 Å². The highest BCUT2D eigenvalue weighted by atomic mass is 32.2. The number of fused-ring (bicyclic) bond motifs is 4. The zero-order valence-electron chi connectivity index (χ0n) is 37.9. The van der Waals surface area contributed by atoms with E-state index in [1.165, 1.54) is 35.4 Å². The highest BCUT2D eigenvalue weighted by Crippen LogP contribution is 2.71. The number of piperidine rings is 2. The van der Waals surface area contributed by atoms with Crippen molar-refractivity contribution < 1.29 is 25.6 Å². The molecule has 0 amide bonds. The number of sulfonamides is 2. The van der Waals surface area contributed by atoms with Gasteiger partial charge in [-0.05, 0) is 145 Å². The summed E-state index contributed by atoms with van der Waals surface area (Å²) in [5.74, 6) is -0.460. The number of aromatic nitrogens is 4. The van der Waals surface area contributed by atoms with Gasteiger partial charge in [0.05, 0.1) is 46.3 Å². The zero-order chi connectivity index (χ0) is 46.9. The molecule has 4 fully saturated rings. The fourth-order valence-corrected chi connectivity index (χ4v) is 15.4. The van der Waals surface area contributed by atoms with Crippen molar-refractivity contribution in [2.75, 3.05) is 37.7 Å². The Morgan fingerprint density at radius 3 is 1.65 bits per heavy atom. The normalized spacial score (nSPS) is 24.7. The number of nitrogens with zero attached hydrogens (tertiary/aromatic N) is 6. The van der Waals surface area contributed by atoms with Gasteiger partial charge in [0, 0.05) is 59.6 Å². The summed E-state index contributed by atoms with van der Waals surface area (Å²) in [4.78, 5) is 0. The summed E-state index contributed by atoms with van der Waals surface area (Å²) < 4.78 is 91.3. The van der Waals surface area contributed by atoms with Crippen LogP contribution in [0.1, 0.15) is 57.7 Å². The Morgan fingerprint density at radius 2 is 1.10 bits per heavy atom. The summed E-state index contributed by atoms with van der Waals surface area (Å²) >= 11 is 0. The highest BCUT2D eigenvalue weighted by molar-refractivity contribution is 7.89. The van der Waals surface area contributed by atoms with Crippen LogP contribution in [0, 0.1) is 37.3 Å². The molecule has 4 heterocycles. The molecule has 2 aliphatic heterocycles. The Bertz CT molecular complexity index is 3550. The van der Waals surface area contributed by atoms with Gasteiger partial charge in [-0.15, -0.1) is 0 Å². The predicted molar refractivity (Wildman–Crippen MR) is 260 cm³/mol. The number of benzene rings is 6. The molecular formula is C54H50F2N6O4S2. The van der Waals surface area contributed by atoms with E-state index in [-0.39, 0.29) is 52.8 Å². The molecule has 68 heavy (non-hydrogen) atoms. The van der Waals surface area contributed by atoms with E-state index in [4.69, 9.17) is 5.10 Å². The fourth-order valence-electron chi connectivity index (χ4n) is 12.7. The van der Waals surface area contributed by atoms with Crippen LogP contribution in [-0.2, 0) is 37.3 Å². The molecule has 2 saturated carbocycles. The van der Waals surface area contributed by atoms with Crippen molar-refractivity contribution in [2.45, 2.75) is 49.9 Å². The van der Waals surface area contributed by atoms with Gasteiger partial charge in [0.15, 0.2) is 0 Å². The molecule has 0 unspecified atom stereocenters. The molecule has 2 aromatic heterocycles. The molecule has 4 aliphatic rings. The number of hydrogen-bond acceptors (Lipinski definition) is 6. The molecule has 14 heteroatoms. The molecule has 346 valence electrons. The minimum absolute atomic E-state index is 0.0491. The second-order valence-electron chi connectivity index (χ2n) is 19.4. The molecule has 8 aromatic rings. The Hall–Kier alpha value is -6.06. The first-order valence-electron chi connectivity index (χ1n) is 23.3. The minimum Gasteiger partial charge on any atom is -0.233 e. The molecule has 0 radical (unpaired) electrons. The second-order valence-corrected chi connectivity index (χ2v) is 23.8. The van der Waals surface area contributed by atoms with E-state index in [0.717, 1.165) is 49.7 Å². The zero-order valence-corrected chi connectivity index (χ0v) is 39.6. The van der Waals surface area contributed by atoms with Crippen LogP contribution in [0.5, 0.6) is 0 Å². The van der Waals surface area contributed by atoms with Gasteiger partial charge < -0.3 is 0 Å². The first kappa shape index (κ1) is 43.2. The van der Waals surface area contributed by atoms with Crippen LogP contribution in [0.2, 0.25) is 0 Å². The van der Waals surface area contributed by atoms with E-state index in [1.807, 2.05) is 42.6 Å². The Morgan fingerprint density at radius 1 is 0.603 bits per heavy atom. The first-order chi connectivity index (χ1) is 32.7. The lowest BCUT2D eigenvalue weighted by Gasteiger charge is -2.25. The molecule has 2 aliphatic carbocycles. The molecule has 0 N–H and O–H groups in total. The Balaban J connectivity index is 0.838. The maximum Gasteiger partial charge on any atom is 0.214 e. The highest BCUT2D eigenvalue weighted by Gasteiger charge is 2.72.